The molecule has 1 saturated heterocycles. The van der Waals surface area contributed by atoms with E-state index in [-0.39, 0.29) is 12.1 Å². The third kappa shape index (κ3) is 3.51. The molecule has 1 fully saturated rings. The third-order valence-electron chi connectivity index (χ3n) is 2.53. The fourth-order valence-electron chi connectivity index (χ4n) is 1.58. The van der Waals surface area contributed by atoms with E-state index in [1.807, 2.05) is 0 Å². The Hall–Kier alpha value is -1.46. The van der Waals surface area contributed by atoms with E-state index >= 15 is 0 Å². The van der Waals surface area contributed by atoms with Crippen molar-refractivity contribution in [2.75, 3.05) is 6.61 Å². The number of ether oxygens (including phenoxy) is 1. The number of rotatable bonds is 3. The first kappa shape index (κ1) is 12.0. The predicted octanol–water partition coefficient (Wildman–Crippen LogP) is 2.01. The van der Waals surface area contributed by atoms with Crippen LogP contribution in [0.1, 0.15) is 29.6 Å². The number of carbonyl (C=O) groups is 1. The molecule has 1 aromatic carbocycles. The Morgan fingerprint density at radius 1 is 1.35 bits per heavy atom. The van der Waals surface area contributed by atoms with Crippen molar-refractivity contribution in [3.05, 3.63) is 35.6 Å². The molecule has 1 atom stereocenters. The Morgan fingerprint density at radius 2 is 2.12 bits per heavy atom. The molecule has 0 saturated carbocycles. The maximum atomic E-state index is 12.6. The summed E-state index contributed by atoms with van der Waals surface area (Å²) in [6, 6.07) is 5.25. The highest BCUT2D eigenvalue weighted by Gasteiger charge is 2.16. The molecular weight excluding hydrogens is 225 g/mol. The lowest BCUT2D eigenvalue weighted by Gasteiger charge is -2.22. The molecule has 0 aliphatic carbocycles. The molecule has 0 unspecified atom stereocenters. The van der Waals surface area contributed by atoms with Crippen LogP contribution in [0.3, 0.4) is 0 Å². The maximum absolute atomic E-state index is 12.6. The van der Waals surface area contributed by atoms with E-state index < -0.39 is 5.91 Å². The molecule has 92 valence electrons. The summed E-state index contributed by atoms with van der Waals surface area (Å²) < 4.78 is 17.9. The van der Waals surface area contributed by atoms with Crippen LogP contribution in [-0.2, 0) is 9.57 Å². The van der Waals surface area contributed by atoms with Crippen LogP contribution in [0.15, 0.2) is 24.3 Å². The van der Waals surface area contributed by atoms with E-state index in [2.05, 4.69) is 5.48 Å². The van der Waals surface area contributed by atoms with Gasteiger partial charge in [-0.3, -0.25) is 4.79 Å². The Labute approximate surface area is 98.7 Å². The highest BCUT2D eigenvalue weighted by molar-refractivity contribution is 5.93. The van der Waals surface area contributed by atoms with Gasteiger partial charge >= 0.3 is 0 Å². The molecule has 0 spiro atoms. The highest BCUT2D eigenvalue weighted by atomic mass is 19.1. The molecule has 1 aliphatic rings. The van der Waals surface area contributed by atoms with Crippen molar-refractivity contribution in [3.8, 4) is 0 Å². The second kappa shape index (κ2) is 5.75. The summed E-state index contributed by atoms with van der Waals surface area (Å²) in [5.74, 6) is -0.780. The SMILES string of the molecule is O=C(NO[C@H]1CCCCO1)c1ccc(F)cc1. The van der Waals surface area contributed by atoms with Crippen molar-refractivity contribution in [2.45, 2.75) is 25.6 Å². The van der Waals surface area contributed by atoms with Crippen molar-refractivity contribution in [2.24, 2.45) is 0 Å². The van der Waals surface area contributed by atoms with E-state index in [1.165, 1.54) is 24.3 Å². The first-order valence-electron chi connectivity index (χ1n) is 5.59. The monoisotopic (exact) mass is 239 g/mol. The molecule has 0 bridgehead atoms. The van der Waals surface area contributed by atoms with E-state index in [4.69, 9.17) is 9.57 Å². The van der Waals surface area contributed by atoms with Crippen LogP contribution >= 0.6 is 0 Å². The van der Waals surface area contributed by atoms with Gasteiger partial charge in [-0.2, -0.15) is 0 Å². The van der Waals surface area contributed by atoms with Crippen LogP contribution in [0.25, 0.3) is 0 Å². The Balaban J connectivity index is 1.82. The van der Waals surface area contributed by atoms with Crippen molar-refractivity contribution >= 4 is 5.91 Å². The quantitative estimate of drug-likeness (QED) is 0.821. The van der Waals surface area contributed by atoms with Gasteiger partial charge in [-0.25, -0.2) is 14.7 Å². The van der Waals surface area contributed by atoms with Crippen molar-refractivity contribution in [1.29, 1.82) is 0 Å². The summed E-state index contributed by atoms with van der Waals surface area (Å²) in [6.07, 6.45) is 2.43. The fraction of sp³-hybridized carbons (Fsp3) is 0.417. The highest BCUT2D eigenvalue weighted by Crippen LogP contribution is 2.12. The first-order chi connectivity index (χ1) is 8.25. The average Bonchev–Trinajstić information content (AvgIpc) is 2.38. The number of hydrogen-bond donors (Lipinski definition) is 1. The van der Waals surface area contributed by atoms with Gasteiger partial charge in [0.15, 0.2) is 6.29 Å². The predicted molar refractivity (Wildman–Crippen MR) is 58.5 cm³/mol. The molecule has 0 radical (unpaired) electrons. The first-order valence-corrected chi connectivity index (χ1v) is 5.59. The summed E-state index contributed by atoms with van der Waals surface area (Å²) in [5, 5.41) is 0. The van der Waals surface area contributed by atoms with Crippen LogP contribution < -0.4 is 5.48 Å². The van der Waals surface area contributed by atoms with Crippen molar-refractivity contribution in [1.82, 2.24) is 5.48 Å². The summed E-state index contributed by atoms with van der Waals surface area (Å²) in [4.78, 5) is 16.7. The van der Waals surface area contributed by atoms with Crippen molar-refractivity contribution < 1.29 is 18.8 Å². The van der Waals surface area contributed by atoms with Crippen LogP contribution in [0.4, 0.5) is 4.39 Å². The minimum Gasteiger partial charge on any atom is -0.350 e. The maximum Gasteiger partial charge on any atom is 0.274 e. The standard InChI is InChI=1S/C12H14FNO3/c13-10-6-4-9(5-7-10)12(15)14-17-11-3-1-2-8-16-11/h4-7,11H,1-3,8H2,(H,14,15)/t11-/m0/s1. The van der Waals surface area contributed by atoms with Gasteiger partial charge < -0.3 is 4.74 Å². The minimum atomic E-state index is -0.404. The fourth-order valence-corrected chi connectivity index (χ4v) is 1.58. The zero-order valence-corrected chi connectivity index (χ0v) is 9.32. The molecule has 4 nitrogen and oxygen atoms in total. The van der Waals surface area contributed by atoms with Gasteiger partial charge in [0.25, 0.3) is 5.91 Å². The summed E-state index contributed by atoms with van der Waals surface area (Å²) in [6.45, 7) is 0.650. The zero-order chi connectivity index (χ0) is 12.1. The molecule has 1 aromatic rings. The van der Waals surface area contributed by atoms with E-state index in [0.717, 1.165) is 19.3 Å². The largest absolute Gasteiger partial charge is 0.350 e. The number of carbonyl (C=O) groups excluding carboxylic acids is 1. The van der Waals surface area contributed by atoms with Gasteiger partial charge in [0.05, 0.1) is 0 Å². The molecule has 0 aromatic heterocycles. The zero-order valence-electron chi connectivity index (χ0n) is 9.32. The summed E-state index contributed by atoms with van der Waals surface area (Å²) >= 11 is 0. The number of nitrogens with one attached hydrogen (secondary N) is 1. The molecule has 5 heteroatoms. The van der Waals surface area contributed by atoms with Crippen molar-refractivity contribution in [3.63, 3.8) is 0 Å². The molecule has 1 aliphatic heterocycles. The van der Waals surface area contributed by atoms with Gasteiger partial charge in [0.2, 0.25) is 0 Å². The smallest absolute Gasteiger partial charge is 0.274 e. The number of hydroxylamine groups is 1. The molecule has 1 heterocycles. The Morgan fingerprint density at radius 3 is 2.76 bits per heavy atom. The second-order valence-electron chi connectivity index (χ2n) is 3.85. The Kier molecular flexibility index (Phi) is 4.06. The summed E-state index contributed by atoms with van der Waals surface area (Å²) in [7, 11) is 0. The lowest BCUT2D eigenvalue weighted by molar-refractivity contribution is -0.186. The van der Waals surface area contributed by atoms with Crippen LogP contribution in [0.5, 0.6) is 0 Å². The number of benzene rings is 1. The molecular formula is C12H14FNO3. The van der Waals surface area contributed by atoms with Gasteiger partial charge in [0.1, 0.15) is 5.82 Å². The van der Waals surface area contributed by atoms with E-state index in [1.54, 1.807) is 0 Å². The van der Waals surface area contributed by atoms with Gasteiger partial charge in [-0.15, -0.1) is 0 Å². The van der Waals surface area contributed by atoms with Gasteiger partial charge in [-0.1, -0.05) is 0 Å². The lowest BCUT2D eigenvalue weighted by Crippen LogP contribution is -2.33. The third-order valence-corrected chi connectivity index (χ3v) is 2.53. The van der Waals surface area contributed by atoms with Crippen LogP contribution in [0.2, 0.25) is 0 Å². The lowest BCUT2D eigenvalue weighted by atomic mass is 10.2. The van der Waals surface area contributed by atoms with E-state index in [9.17, 15) is 9.18 Å². The molecule has 2 rings (SSSR count). The number of amides is 1. The van der Waals surface area contributed by atoms with Gasteiger partial charge in [0, 0.05) is 18.6 Å². The molecule has 17 heavy (non-hydrogen) atoms. The van der Waals surface area contributed by atoms with Crippen LogP contribution in [0, 0.1) is 5.82 Å². The van der Waals surface area contributed by atoms with Gasteiger partial charge in [-0.05, 0) is 37.1 Å². The molecule has 1 amide bonds. The number of halogens is 1. The van der Waals surface area contributed by atoms with Crippen LogP contribution in [-0.4, -0.2) is 18.8 Å². The normalized spacial score (nSPS) is 19.9. The topological polar surface area (TPSA) is 47.6 Å². The van der Waals surface area contributed by atoms with E-state index in [0.29, 0.717) is 12.2 Å². The summed E-state index contributed by atoms with van der Waals surface area (Å²) in [5.41, 5.74) is 2.65. The Bertz CT molecular complexity index is 374. The second-order valence-corrected chi connectivity index (χ2v) is 3.85. The molecule has 1 N–H and O–H groups in total. The average molecular weight is 239 g/mol. The number of hydrogen-bond acceptors (Lipinski definition) is 3. The minimum absolute atomic E-state index is 0.349.